The quantitative estimate of drug-likeness (QED) is 0.809. The van der Waals surface area contributed by atoms with Gasteiger partial charge in [0.05, 0.1) is 12.7 Å². The lowest BCUT2D eigenvalue weighted by atomic mass is 10.0. The monoisotopic (exact) mass is 251 g/mol. The van der Waals surface area contributed by atoms with Crippen LogP contribution in [-0.4, -0.2) is 47.8 Å². The van der Waals surface area contributed by atoms with Crippen LogP contribution in [0.2, 0.25) is 0 Å². The van der Waals surface area contributed by atoms with Crippen molar-refractivity contribution < 1.29 is 14.6 Å². The Kier molecular flexibility index (Phi) is 7.72. The van der Waals surface area contributed by atoms with E-state index in [0.717, 1.165) is 32.4 Å². The van der Waals surface area contributed by atoms with Crippen molar-refractivity contribution >= 4 is 18.4 Å². The van der Waals surface area contributed by atoms with Crippen molar-refractivity contribution in [3.63, 3.8) is 0 Å². The van der Waals surface area contributed by atoms with E-state index in [-0.39, 0.29) is 24.6 Å². The average molecular weight is 252 g/mol. The van der Waals surface area contributed by atoms with Crippen molar-refractivity contribution in [2.45, 2.75) is 45.3 Å². The summed E-state index contributed by atoms with van der Waals surface area (Å²) in [6.07, 6.45) is 3.12. The number of carbonyl (C=O) groups is 1. The molecule has 1 unspecified atom stereocenters. The van der Waals surface area contributed by atoms with Gasteiger partial charge in [0.25, 0.3) is 0 Å². The third-order valence-corrected chi connectivity index (χ3v) is 2.73. The molecule has 0 aromatic carbocycles. The highest BCUT2D eigenvalue weighted by molar-refractivity contribution is 5.85. The summed E-state index contributed by atoms with van der Waals surface area (Å²) >= 11 is 0. The van der Waals surface area contributed by atoms with Gasteiger partial charge in [0.15, 0.2) is 0 Å². The van der Waals surface area contributed by atoms with Crippen LogP contribution in [0.1, 0.15) is 33.1 Å². The van der Waals surface area contributed by atoms with Crippen LogP contribution in [0.3, 0.4) is 0 Å². The first kappa shape index (κ1) is 15.7. The Bertz CT molecular complexity index is 211. The summed E-state index contributed by atoms with van der Waals surface area (Å²) in [5, 5.41) is 9.03. The smallest absolute Gasteiger partial charge is 0.320 e. The van der Waals surface area contributed by atoms with Gasteiger partial charge >= 0.3 is 5.97 Å². The van der Waals surface area contributed by atoms with Gasteiger partial charge in [0.2, 0.25) is 0 Å². The number of piperidine rings is 1. The number of hydrogen-bond acceptors (Lipinski definition) is 3. The fourth-order valence-corrected chi connectivity index (χ4v) is 1.94. The molecule has 1 heterocycles. The molecule has 1 saturated heterocycles. The first-order valence-corrected chi connectivity index (χ1v) is 5.69. The lowest BCUT2D eigenvalue weighted by Crippen LogP contribution is -2.46. The molecule has 0 saturated carbocycles. The van der Waals surface area contributed by atoms with Gasteiger partial charge in [-0.25, -0.2) is 0 Å². The van der Waals surface area contributed by atoms with Crippen molar-refractivity contribution in [1.29, 1.82) is 0 Å². The summed E-state index contributed by atoms with van der Waals surface area (Å²) in [7, 11) is 0. The second kappa shape index (κ2) is 7.87. The van der Waals surface area contributed by atoms with Crippen molar-refractivity contribution in [3.8, 4) is 0 Å². The Balaban J connectivity index is 0.00000225. The van der Waals surface area contributed by atoms with Gasteiger partial charge in [-0.05, 0) is 33.2 Å². The van der Waals surface area contributed by atoms with Crippen LogP contribution < -0.4 is 0 Å². The zero-order chi connectivity index (χ0) is 11.3. The van der Waals surface area contributed by atoms with Gasteiger partial charge in [0.1, 0.15) is 6.04 Å². The van der Waals surface area contributed by atoms with E-state index in [1.807, 2.05) is 18.7 Å². The molecule has 0 spiro atoms. The molecule has 1 rings (SSSR count). The van der Waals surface area contributed by atoms with E-state index < -0.39 is 5.97 Å². The highest BCUT2D eigenvalue weighted by atomic mass is 35.5. The van der Waals surface area contributed by atoms with Gasteiger partial charge in [-0.3, -0.25) is 9.69 Å². The second-order valence-electron chi connectivity index (χ2n) is 4.31. The maximum atomic E-state index is 11.0. The summed E-state index contributed by atoms with van der Waals surface area (Å²) < 4.78 is 5.44. The summed E-state index contributed by atoms with van der Waals surface area (Å²) in [4.78, 5) is 13.0. The van der Waals surface area contributed by atoms with Crippen LogP contribution in [0.5, 0.6) is 0 Å². The third-order valence-electron chi connectivity index (χ3n) is 2.73. The number of rotatable bonds is 5. The SMILES string of the molecule is CC(C)OCCN1CCCCC1C(=O)O.Cl. The third kappa shape index (κ3) is 5.14. The normalized spacial score (nSPS) is 21.8. The van der Waals surface area contributed by atoms with Gasteiger partial charge in [-0.1, -0.05) is 6.42 Å². The van der Waals surface area contributed by atoms with E-state index in [0.29, 0.717) is 6.61 Å². The maximum absolute atomic E-state index is 11.0. The number of halogens is 1. The number of likely N-dealkylation sites (tertiary alicyclic amines) is 1. The highest BCUT2D eigenvalue weighted by Crippen LogP contribution is 2.16. The first-order valence-electron chi connectivity index (χ1n) is 5.69. The predicted octanol–water partition coefficient (Wildman–Crippen LogP) is 1.77. The van der Waals surface area contributed by atoms with E-state index in [4.69, 9.17) is 9.84 Å². The molecular weight excluding hydrogens is 230 g/mol. The fraction of sp³-hybridized carbons (Fsp3) is 0.909. The average Bonchev–Trinajstić information content (AvgIpc) is 2.17. The lowest BCUT2D eigenvalue weighted by Gasteiger charge is -2.32. The minimum absolute atomic E-state index is 0. The van der Waals surface area contributed by atoms with Crippen molar-refractivity contribution in [2.75, 3.05) is 19.7 Å². The van der Waals surface area contributed by atoms with Gasteiger partial charge in [-0.15, -0.1) is 12.4 Å². The molecule has 0 amide bonds. The maximum Gasteiger partial charge on any atom is 0.320 e. The molecule has 1 atom stereocenters. The van der Waals surface area contributed by atoms with Crippen molar-refractivity contribution in [1.82, 2.24) is 4.90 Å². The molecule has 1 fully saturated rings. The van der Waals surface area contributed by atoms with E-state index in [2.05, 4.69) is 0 Å². The Hall–Kier alpha value is -0.320. The fourth-order valence-electron chi connectivity index (χ4n) is 1.94. The number of carboxylic acids is 1. The van der Waals surface area contributed by atoms with Crippen LogP contribution in [-0.2, 0) is 9.53 Å². The standard InChI is InChI=1S/C11H21NO3.ClH/c1-9(2)15-8-7-12-6-4-3-5-10(12)11(13)14;/h9-10H,3-8H2,1-2H3,(H,13,14);1H. The predicted molar refractivity (Wildman–Crippen MR) is 65.2 cm³/mol. The summed E-state index contributed by atoms with van der Waals surface area (Å²) in [6.45, 7) is 6.23. The minimum Gasteiger partial charge on any atom is -0.480 e. The van der Waals surface area contributed by atoms with Crippen LogP contribution in [0.25, 0.3) is 0 Å². The van der Waals surface area contributed by atoms with Crippen LogP contribution in [0.15, 0.2) is 0 Å². The van der Waals surface area contributed by atoms with E-state index in [1.54, 1.807) is 0 Å². The molecule has 5 heteroatoms. The van der Waals surface area contributed by atoms with E-state index >= 15 is 0 Å². The molecule has 96 valence electrons. The number of ether oxygens (including phenoxy) is 1. The first-order chi connectivity index (χ1) is 7.11. The van der Waals surface area contributed by atoms with E-state index in [9.17, 15) is 4.79 Å². The molecule has 16 heavy (non-hydrogen) atoms. The van der Waals surface area contributed by atoms with Crippen molar-refractivity contribution in [2.24, 2.45) is 0 Å². The number of aliphatic carboxylic acids is 1. The molecule has 1 aliphatic heterocycles. The lowest BCUT2D eigenvalue weighted by molar-refractivity contribution is -0.145. The Labute approximate surface area is 103 Å². The zero-order valence-corrected chi connectivity index (χ0v) is 10.8. The molecule has 0 radical (unpaired) electrons. The number of hydrogen-bond donors (Lipinski definition) is 1. The summed E-state index contributed by atoms with van der Waals surface area (Å²) in [6, 6.07) is -0.297. The highest BCUT2D eigenvalue weighted by Gasteiger charge is 2.27. The molecule has 4 nitrogen and oxygen atoms in total. The Morgan fingerprint density at radius 3 is 2.75 bits per heavy atom. The molecule has 1 N–H and O–H groups in total. The van der Waals surface area contributed by atoms with Gasteiger partial charge in [-0.2, -0.15) is 0 Å². The van der Waals surface area contributed by atoms with Crippen LogP contribution in [0.4, 0.5) is 0 Å². The Morgan fingerprint density at radius 2 is 2.19 bits per heavy atom. The minimum atomic E-state index is -0.695. The van der Waals surface area contributed by atoms with Crippen molar-refractivity contribution in [3.05, 3.63) is 0 Å². The molecule has 0 aliphatic carbocycles. The Morgan fingerprint density at radius 1 is 1.50 bits per heavy atom. The second-order valence-corrected chi connectivity index (χ2v) is 4.31. The largest absolute Gasteiger partial charge is 0.480 e. The molecule has 0 bridgehead atoms. The molecule has 0 aromatic rings. The van der Waals surface area contributed by atoms with Gasteiger partial charge in [0, 0.05) is 6.54 Å². The number of carboxylic acid groups (broad SMARTS) is 1. The molecule has 1 aliphatic rings. The topological polar surface area (TPSA) is 49.8 Å². The van der Waals surface area contributed by atoms with Crippen LogP contribution in [0, 0.1) is 0 Å². The zero-order valence-electron chi connectivity index (χ0n) is 10.0. The summed E-state index contributed by atoms with van der Waals surface area (Å²) in [5.74, 6) is -0.695. The molecular formula is C11H22ClNO3. The van der Waals surface area contributed by atoms with Gasteiger partial charge < -0.3 is 9.84 Å². The summed E-state index contributed by atoms with van der Waals surface area (Å²) in [5.41, 5.74) is 0. The van der Waals surface area contributed by atoms with E-state index in [1.165, 1.54) is 0 Å². The van der Waals surface area contributed by atoms with Crippen LogP contribution >= 0.6 is 12.4 Å². The molecule has 0 aromatic heterocycles. The number of nitrogens with zero attached hydrogens (tertiary/aromatic N) is 1.